The fraction of sp³-hybridized carbons (Fsp3) is 0.850. The van der Waals surface area contributed by atoms with Crippen LogP contribution >= 0.6 is 0 Å². The van der Waals surface area contributed by atoms with Gasteiger partial charge in [0.1, 0.15) is 12.2 Å². The molecule has 0 aromatic rings. The van der Waals surface area contributed by atoms with Crippen molar-refractivity contribution in [2.75, 3.05) is 20.3 Å². The second-order valence-electron chi connectivity index (χ2n) is 8.89. The number of epoxide rings is 2. The number of carbonyl (C=O) groups is 1. The summed E-state index contributed by atoms with van der Waals surface area (Å²) in [7, 11) is 1.65. The van der Waals surface area contributed by atoms with Crippen LogP contribution < -0.4 is 5.32 Å². The van der Waals surface area contributed by atoms with Gasteiger partial charge in [0.15, 0.2) is 0 Å². The maximum absolute atomic E-state index is 12.3. The van der Waals surface area contributed by atoms with E-state index in [1.54, 1.807) is 21.0 Å². The number of alkyl carbamates (subject to hydrolysis) is 1. The van der Waals surface area contributed by atoms with E-state index >= 15 is 0 Å². The van der Waals surface area contributed by atoms with Gasteiger partial charge in [0.2, 0.25) is 0 Å². The van der Waals surface area contributed by atoms with Crippen LogP contribution in [0.15, 0.2) is 11.6 Å². The summed E-state index contributed by atoms with van der Waals surface area (Å²) >= 11 is 0. The molecule has 2 heterocycles. The zero-order chi connectivity index (χ0) is 19.8. The quantitative estimate of drug-likeness (QED) is 0.517. The highest BCUT2D eigenvalue weighted by Crippen LogP contribution is 2.54. The first-order valence-corrected chi connectivity index (χ1v) is 9.76. The van der Waals surface area contributed by atoms with Crippen molar-refractivity contribution in [2.45, 2.75) is 82.5 Å². The molecular weight excluding hydrogens is 350 g/mol. The Labute approximate surface area is 161 Å². The first-order valence-electron chi connectivity index (χ1n) is 9.76. The smallest absolute Gasteiger partial charge is 0.407 e. The van der Waals surface area contributed by atoms with E-state index in [1.165, 1.54) is 5.57 Å². The number of methoxy groups -OCH3 is 1. The third-order valence-corrected chi connectivity index (χ3v) is 5.80. The highest BCUT2D eigenvalue weighted by molar-refractivity contribution is 5.68. The molecule has 0 aromatic heterocycles. The van der Waals surface area contributed by atoms with Crippen molar-refractivity contribution in [1.29, 1.82) is 0 Å². The lowest BCUT2D eigenvalue weighted by Crippen LogP contribution is -2.54. The van der Waals surface area contributed by atoms with Gasteiger partial charge in [-0.2, -0.15) is 0 Å². The molecular formula is C20H33NO6. The van der Waals surface area contributed by atoms with E-state index in [0.29, 0.717) is 13.0 Å². The summed E-state index contributed by atoms with van der Waals surface area (Å²) in [5.74, 6) is 0.0514. The Morgan fingerprint density at radius 1 is 1.41 bits per heavy atom. The van der Waals surface area contributed by atoms with Gasteiger partial charge in [-0.15, -0.1) is 0 Å². The molecule has 154 valence electrons. The zero-order valence-corrected chi connectivity index (χ0v) is 17.0. The molecule has 1 aliphatic carbocycles. The predicted octanol–water partition coefficient (Wildman–Crippen LogP) is 2.17. The number of rotatable bonds is 7. The molecule has 3 fully saturated rings. The lowest BCUT2D eigenvalue weighted by atomic mass is 9.73. The third kappa shape index (κ3) is 4.65. The predicted molar refractivity (Wildman–Crippen MR) is 99.5 cm³/mol. The van der Waals surface area contributed by atoms with Crippen molar-refractivity contribution < 1.29 is 28.8 Å². The van der Waals surface area contributed by atoms with Crippen LogP contribution in [0.1, 0.15) is 47.0 Å². The van der Waals surface area contributed by atoms with Gasteiger partial charge in [0.05, 0.1) is 36.6 Å². The molecule has 3 rings (SSSR count). The summed E-state index contributed by atoms with van der Waals surface area (Å²) in [6.45, 7) is 8.19. The molecule has 2 aliphatic heterocycles. The molecule has 0 radical (unpaired) electrons. The van der Waals surface area contributed by atoms with Gasteiger partial charge in [-0.25, -0.2) is 4.79 Å². The molecule has 7 nitrogen and oxygen atoms in total. The summed E-state index contributed by atoms with van der Waals surface area (Å²) in [6, 6.07) is 0. The maximum Gasteiger partial charge on any atom is 0.407 e. The summed E-state index contributed by atoms with van der Waals surface area (Å²) in [6.07, 6.45) is 3.65. The first kappa shape index (κ1) is 20.6. The fourth-order valence-corrected chi connectivity index (χ4v) is 4.08. The number of nitrogens with one attached hydrogen (secondary N) is 1. The Bertz CT molecular complexity index is 581. The molecule has 1 spiro atoms. The van der Waals surface area contributed by atoms with Crippen LogP contribution in [-0.4, -0.2) is 67.1 Å². The lowest BCUT2D eigenvalue weighted by Gasteiger charge is -2.40. The van der Waals surface area contributed by atoms with Crippen molar-refractivity contribution in [1.82, 2.24) is 5.32 Å². The normalized spacial score (nSPS) is 37.6. The Morgan fingerprint density at radius 3 is 2.67 bits per heavy atom. The van der Waals surface area contributed by atoms with Crippen LogP contribution in [-0.2, 0) is 18.9 Å². The minimum atomic E-state index is -0.733. The molecule has 7 heteroatoms. The Kier molecular flexibility index (Phi) is 5.87. The van der Waals surface area contributed by atoms with Crippen molar-refractivity contribution in [3.05, 3.63) is 11.6 Å². The van der Waals surface area contributed by atoms with Crippen LogP contribution in [0.2, 0.25) is 0 Å². The van der Waals surface area contributed by atoms with Gasteiger partial charge in [0, 0.05) is 13.0 Å². The Morgan fingerprint density at radius 2 is 2.11 bits per heavy atom. The van der Waals surface area contributed by atoms with Gasteiger partial charge < -0.3 is 29.4 Å². The Balaban J connectivity index is 1.66. The van der Waals surface area contributed by atoms with Crippen molar-refractivity contribution in [3.63, 3.8) is 0 Å². The Hall–Kier alpha value is -1.15. The average Bonchev–Trinajstić information content (AvgIpc) is 3.51. The van der Waals surface area contributed by atoms with Gasteiger partial charge in [-0.3, -0.25) is 0 Å². The van der Waals surface area contributed by atoms with Crippen LogP contribution in [0.25, 0.3) is 0 Å². The molecule has 2 N–H and O–H groups in total. The van der Waals surface area contributed by atoms with Crippen molar-refractivity contribution in [2.24, 2.45) is 5.92 Å². The van der Waals surface area contributed by atoms with Gasteiger partial charge >= 0.3 is 6.09 Å². The van der Waals surface area contributed by atoms with E-state index in [4.69, 9.17) is 18.9 Å². The van der Waals surface area contributed by atoms with Gasteiger partial charge in [0.25, 0.3) is 0 Å². The van der Waals surface area contributed by atoms with Crippen LogP contribution in [0.5, 0.6) is 0 Å². The molecule has 1 saturated carbocycles. The highest BCUT2D eigenvalue weighted by atomic mass is 16.6. The second-order valence-corrected chi connectivity index (χ2v) is 8.89. The fourth-order valence-electron chi connectivity index (χ4n) is 4.08. The van der Waals surface area contributed by atoms with Crippen LogP contribution in [0.4, 0.5) is 4.79 Å². The van der Waals surface area contributed by atoms with Crippen molar-refractivity contribution in [3.8, 4) is 0 Å². The molecule has 3 aliphatic rings. The molecule has 3 unspecified atom stereocenters. The minimum absolute atomic E-state index is 0.0514. The van der Waals surface area contributed by atoms with Crippen molar-refractivity contribution >= 4 is 6.09 Å². The number of amides is 1. The third-order valence-electron chi connectivity index (χ3n) is 5.80. The number of hydrogen-bond donors (Lipinski definition) is 2. The number of hydrogen-bond acceptors (Lipinski definition) is 6. The summed E-state index contributed by atoms with van der Waals surface area (Å²) in [4.78, 5) is 12.3. The number of allylic oxidation sites excluding steroid dienone is 1. The zero-order valence-electron chi connectivity index (χ0n) is 17.0. The minimum Gasteiger partial charge on any atom is -0.443 e. The molecule has 0 bridgehead atoms. The molecule has 2 saturated heterocycles. The summed E-state index contributed by atoms with van der Waals surface area (Å²) in [5.41, 5.74) is 0.341. The number of carbonyl (C=O) groups excluding carboxylic acids is 1. The molecule has 1 amide bonds. The van der Waals surface area contributed by atoms with E-state index in [9.17, 15) is 9.90 Å². The largest absolute Gasteiger partial charge is 0.443 e. The topological polar surface area (TPSA) is 92.9 Å². The second kappa shape index (κ2) is 7.70. The van der Waals surface area contributed by atoms with Gasteiger partial charge in [-0.05, 0) is 47.0 Å². The van der Waals surface area contributed by atoms with E-state index in [2.05, 4.69) is 25.2 Å². The standard InChI is InChI=1S/C20H33NO6/c1-12(2)6-7-13-17(26-13)15-16(24-5)14(8-9-20(15)11-25-20)27-18(23)21-19(3,4)10-22/h6,13-17,22H,7-11H2,1-5H3,(H,21,23)/t13-,14?,15?,16?,17+,20+/m1/s1. The molecule has 27 heavy (non-hydrogen) atoms. The number of aliphatic hydroxyl groups is 1. The van der Waals surface area contributed by atoms with E-state index in [0.717, 1.165) is 12.8 Å². The van der Waals surface area contributed by atoms with Gasteiger partial charge in [-0.1, -0.05) is 11.6 Å². The monoisotopic (exact) mass is 383 g/mol. The highest BCUT2D eigenvalue weighted by Gasteiger charge is 2.66. The number of ether oxygens (including phenoxy) is 4. The summed E-state index contributed by atoms with van der Waals surface area (Å²) in [5, 5.41) is 12.0. The SMILES string of the molecule is COC1C(OC(=O)NC(C)(C)CO)CC[C@]2(CO2)C1[C@H]1O[C@@H]1CC=C(C)C. The number of aliphatic hydroxyl groups excluding tert-OH is 1. The van der Waals surface area contributed by atoms with E-state index in [-0.39, 0.29) is 42.5 Å². The first-order chi connectivity index (χ1) is 12.7. The maximum atomic E-state index is 12.3. The lowest BCUT2D eigenvalue weighted by molar-refractivity contribution is -0.106. The van der Waals surface area contributed by atoms with E-state index < -0.39 is 11.6 Å². The van der Waals surface area contributed by atoms with Crippen LogP contribution in [0, 0.1) is 5.92 Å². The van der Waals surface area contributed by atoms with Crippen LogP contribution in [0.3, 0.4) is 0 Å². The summed E-state index contributed by atoms with van der Waals surface area (Å²) < 4.78 is 23.3. The van der Waals surface area contributed by atoms with E-state index in [1.807, 2.05) is 0 Å². The average molecular weight is 383 g/mol. The molecule has 6 atom stereocenters. The molecule has 0 aromatic carbocycles.